The zero-order chi connectivity index (χ0) is 12.2. The van der Waals surface area contributed by atoms with Crippen molar-refractivity contribution in [3.63, 3.8) is 0 Å². The highest BCUT2D eigenvalue weighted by molar-refractivity contribution is 5.94. The van der Waals surface area contributed by atoms with Crippen LogP contribution in [0.25, 0.3) is 0 Å². The summed E-state index contributed by atoms with van der Waals surface area (Å²) in [4.78, 5) is 11.3. The third-order valence-corrected chi connectivity index (χ3v) is 1.87. The van der Waals surface area contributed by atoms with E-state index >= 15 is 0 Å². The molecule has 0 fully saturated rings. The molecule has 0 unspecified atom stereocenters. The van der Waals surface area contributed by atoms with Crippen molar-refractivity contribution >= 4 is 5.91 Å². The number of phenols is 1. The van der Waals surface area contributed by atoms with Gasteiger partial charge in [0.15, 0.2) is 0 Å². The number of carbonyl (C=O) groups excluding carboxylic acids is 1. The van der Waals surface area contributed by atoms with Crippen molar-refractivity contribution in [2.75, 3.05) is 13.2 Å². The van der Waals surface area contributed by atoms with Crippen molar-refractivity contribution in [3.05, 3.63) is 29.8 Å². The number of phenolic OH excluding ortho intramolecular Hbond substituents is 1. The summed E-state index contributed by atoms with van der Waals surface area (Å²) < 4.78 is 25.2. The smallest absolute Gasteiger partial charge is 0.287 e. The molecule has 1 rings (SSSR count). The van der Waals surface area contributed by atoms with Gasteiger partial charge in [-0.1, -0.05) is 0 Å². The maximum Gasteiger partial charge on any atom is 0.287 e. The summed E-state index contributed by atoms with van der Waals surface area (Å²) in [5.74, 6) is -4.03. The molecule has 4 nitrogen and oxygen atoms in total. The van der Waals surface area contributed by atoms with Gasteiger partial charge < -0.3 is 15.5 Å². The summed E-state index contributed by atoms with van der Waals surface area (Å²) in [7, 11) is 0. The fourth-order valence-corrected chi connectivity index (χ4v) is 0.980. The Labute approximate surface area is 90.5 Å². The Morgan fingerprint density at radius 3 is 2.38 bits per heavy atom. The standard InChI is InChI=1S/C10H11F2NO3/c11-10(12,6-14)5-13-9(16)7-1-3-8(15)4-2-7/h1-4,14-15H,5-6H2,(H,13,16). The zero-order valence-corrected chi connectivity index (χ0v) is 8.28. The average Bonchev–Trinajstić information content (AvgIpc) is 2.27. The van der Waals surface area contributed by atoms with Crippen LogP contribution in [0.1, 0.15) is 10.4 Å². The van der Waals surface area contributed by atoms with Crippen LogP contribution in [0.4, 0.5) is 8.78 Å². The quantitative estimate of drug-likeness (QED) is 0.716. The van der Waals surface area contributed by atoms with Gasteiger partial charge in [0.1, 0.15) is 12.4 Å². The lowest BCUT2D eigenvalue weighted by molar-refractivity contribution is -0.0462. The first kappa shape index (κ1) is 12.4. The Morgan fingerprint density at radius 2 is 1.88 bits per heavy atom. The van der Waals surface area contributed by atoms with Gasteiger partial charge in [-0.15, -0.1) is 0 Å². The molecular weight excluding hydrogens is 220 g/mol. The van der Waals surface area contributed by atoms with Crippen molar-refractivity contribution in [1.29, 1.82) is 0 Å². The van der Waals surface area contributed by atoms with Crippen LogP contribution in [0.15, 0.2) is 24.3 Å². The lowest BCUT2D eigenvalue weighted by Gasteiger charge is -2.13. The monoisotopic (exact) mass is 231 g/mol. The topological polar surface area (TPSA) is 69.6 Å². The van der Waals surface area contributed by atoms with Crippen molar-refractivity contribution < 1.29 is 23.8 Å². The normalized spacial score (nSPS) is 11.2. The fourth-order valence-electron chi connectivity index (χ4n) is 0.980. The summed E-state index contributed by atoms with van der Waals surface area (Å²) in [6.45, 7) is -2.24. The third-order valence-electron chi connectivity index (χ3n) is 1.87. The lowest BCUT2D eigenvalue weighted by atomic mass is 10.2. The van der Waals surface area contributed by atoms with Crippen molar-refractivity contribution in [2.24, 2.45) is 0 Å². The van der Waals surface area contributed by atoms with Gasteiger partial charge in [-0.2, -0.15) is 0 Å². The summed E-state index contributed by atoms with van der Waals surface area (Å²) in [5.41, 5.74) is 0.159. The Balaban J connectivity index is 2.56. The third kappa shape index (κ3) is 3.47. The number of amides is 1. The van der Waals surface area contributed by atoms with Crippen LogP contribution in [0.5, 0.6) is 5.75 Å². The van der Waals surface area contributed by atoms with E-state index in [1.165, 1.54) is 24.3 Å². The molecule has 0 aliphatic rings. The van der Waals surface area contributed by atoms with Gasteiger partial charge >= 0.3 is 0 Å². The number of aromatic hydroxyl groups is 1. The van der Waals surface area contributed by atoms with E-state index in [1.54, 1.807) is 0 Å². The van der Waals surface area contributed by atoms with E-state index in [0.717, 1.165) is 0 Å². The lowest BCUT2D eigenvalue weighted by Crippen LogP contribution is -2.38. The van der Waals surface area contributed by atoms with Crippen LogP contribution in [0.2, 0.25) is 0 Å². The minimum atomic E-state index is -3.33. The molecule has 6 heteroatoms. The molecule has 0 saturated carbocycles. The molecule has 0 atom stereocenters. The largest absolute Gasteiger partial charge is 0.508 e. The molecule has 1 amide bonds. The van der Waals surface area contributed by atoms with Gasteiger partial charge in [0, 0.05) is 5.56 Å². The van der Waals surface area contributed by atoms with Gasteiger partial charge in [0.2, 0.25) is 0 Å². The number of hydrogen-bond acceptors (Lipinski definition) is 3. The summed E-state index contributed by atoms with van der Waals surface area (Å²) in [5, 5.41) is 19.2. The summed E-state index contributed by atoms with van der Waals surface area (Å²) in [6, 6.07) is 5.17. The van der Waals surface area contributed by atoms with Crippen molar-refractivity contribution in [1.82, 2.24) is 5.32 Å². The Morgan fingerprint density at radius 1 is 1.31 bits per heavy atom. The van der Waals surface area contributed by atoms with Gasteiger partial charge in [0.25, 0.3) is 11.8 Å². The van der Waals surface area contributed by atoms with Gasteiger partial charge in [-0.25, -0.2) is 8.78 Å². The fraction of sp³-hybridized carbons (Fsp3) is 0.300. The Bertz CT molecular complexity index is 365. The molecule has 0 bridgehead atoms. The highest BCUT2D eigenvalue weighted by Crippen LogP contribution is 2.12. The SMILES string of the molecule is O=C(NCC(F)(F)CO)c1ccc(O)cc1. The molecule has 1 aromatic carbocycles. The van der Waals surface area contributed by atoms with Crippen LogP contribution >= 0.6 is 0 Å². The number of aliphatic hydroxyl groups is 1. The Kier molecular flexibility index (Phi) is 3.78. The minimum Gasteiger partial charge on any atom is -0.508 e. The van der Waals surface area contributed by atoms with Crippen LogP contribution in [-0.2, 0) is 0 Å². The van der Waals surface area contributed by atoms with E-state index in [0.29, 0.717) is 0 Å². The van der Waals surface area contributed by atoms with Crippen LogP contribution in [-0.4, -0.2) is 35.2 Å². The average molecular weight is 231 g/mol. The number of hydrogen-bond donors (Lipinski definition) is 3. The molecule has 0 aromatic heterocycles. The van der Waals surface area contributed by atoms with E-state index in [4.69, 9.17) is 10.2 Å². The molecule has 3 N–H and O–H groups in total. The maximum atomic E-state index is 12.6. The van der Waals surface area contributed by atoms with Crippen molar-refractivity contribution in [3.8, 4) is 5.75 Å². The Hall–Kier alpha value is -1.69. The molecule has 88 valence electrons. The predicted molar refractivity (Wildman–Crippen MR) is 52.5 cm³/mol. The van der Waals surface area contributed by atoms with Gasteiger partial charge in [-0.3, -0.25) is 4.79 Å². The second-order valence-corrected chi connectivity index (χ2v) is 3.24. The molecule has 1 aromatic rings. The first-order valence-electron chi connectivity index (χ1n) is 4.50. The minimum absolute atomic E-state index is 0.0164. The van der Waals surface area contributed by atoms with Crippen LogP contribution < -0.4 is 5.32 Å². The van der Waals surface area contributed by atoms with E-state index in [-0.39, 0.29) is 11.3 Å². The van der Waals surface area contributed by atoms with E-state index in [1.807, 2.05) is 5.32 Å². The number of carbonyl (C=O) groups is 1. The highest BCUT2D eigenvalue weighted by atomic mass is 19.3. The molecule has 0 radical (unpaired) electrons. The second kappa shape index (κ2) is 4.89. The number of benzene rings is 1. The predicted octanol–water partition coefficient (Wildman–Crippen LogP) is 0.750. The van der Waals surface area contributed by atoms with Crippen molar-refractivity contribution in [2.45, 2.75) is 5.92 Å². The number of rotatable bonds is 4. The highest BCUT2D eigenvalue weighted by Gasteiger charge is 2.28. The molecule has 0 spiro atoms. The second-order valence-electron chi connectivity index (χ2n) is 3.24. The molecule has 0 aliphatic carbocycles. The molecule has 0 heterocycles. The first-order chi connectivity index (χ1) is 7.44. The van der Waals surface area contributed by atoms with Crippen LogP contribution in [0, 0.1) is 0 Å². The number of halogens is 2. The molecule has 0 saturated heterocycles. The zero-order valence-electron chi connectivity index (χ0n) is 8.28. The van der Waals surface area contributed by atoms with E-state index in [9.17, 15) is 13.6 Å². The van der Waals surface area contributed by atoms with Crippen LogP contribution in [0.3, 0.4) is 0 Å². The summed E-state index contributed by atoms with van der Waals surface area (Å²) in [6.07, 6.45) is 0. The number of nitrogens with one attached hydrogen (secondary N) is 1. The molecule has 0 aliphatic heterocycles. The molecule has 16 heavy (non-hydrogen) atoms. The number of alkyl halides is 2. The number of aliphatic hydroxyl groups excluding tert-OH is 1. The summed E-state index contributed by atoms with van der Waals surface area (Å²) >= 11 is 0. The van der Waals surface area contributed by atoms with Gasteiger partial charge in [-0.05, 0) is 24.3 Å². The van der Waals surface area contributed by atoms with Gasteiger partial charge in [0.05, 0.1) is 6.54 Å². The van der Waals surface area contributed by atoms with E-state index in [2.05, 4.69) is 0 Å². The maximum absolute atomic E-state index is 12.6. The molecular formula is C10H11F2NO3. The van der Waals surface area contributed by atoms with E-state index < -0.39 is 25.0 Å². The first-order valence-corrected chi connectivity index (χ1v) is 4.50.